The molecule has 0 radical (unpaired) electrons. The van der Waals surface area contributed by atoms with Gasteiger partial charge < -0.3 is 19.5 Å². The predicted octanol–water partition coefficient (Wildman–Crippen LogP) is 8.49. The highest BCUT2D eigenvalue weighted by atomic mass is 35.5. The van der Waals surface area contributed by atoms with Crippen LogP contribution in [0, 0.1) is 6.92 Å². The number of piperidine rings is 1. The lowest BCUT2D eigenvalue weighted by Crippen LogP contribution is -2.62. The number of carbonyl (C=O) groups excluding carboxylic acids is 1. The van der Waals surface area contributed by atoms with Gasteiger partial charge in [-0.25, -0.2) is 19.6 Å². The number of hydrogen-bond donors (Lipinski definition) is 1. The Labute approximate surface area is 312 Å². The highest BCUT2D eigenvalue weighted by Crippen LogP contribution is 2.45. The van der Waals surface area contributed by atoms with Crippen LogP contribution in [0.2, 0.25) is 5.02 Å². The molecule has 3 aromatic heterocycles. The molecule has 52 heavy (non-hydrogen) atoms. The minimum Gasteiger partial charge on any atom is -0.479 e. The summed E-state index contributed by atoms with van der Waals surface area (Å²) in [6.45, 7) is 15.1. The molecule has 0 unspecified atom stereocenters. The number of pyridine rings is 1. The average Bonchev–Trinajstić information content (AvgIpc) is 3.68. The second kappa shape index (κ2) is 14.0. The summed E-state index contributed by atoms with van der Waals surface area (Å²) < 4.78 is 14.1. The molecule has 1 atom stereocenters. The lowest BCUT2D eigenvalue weighted by molar-refractivity contribution is -0.160. The Morgan fingerprint density at radius 2 is 1.71 bits per heavy atom. The number of hydrogen-bond acceptors (Lipinski definition) is 9. The van der Waals surface area contributed by atoms with Gasteiger partial charge in [0.1, 0.15) is 16.0 Å². The van der Waals surface area contributed by atoms with Crippen LogP contribution in [0.25, 0.3) is 43.1 Å². The number of ether oxygens (including phenoxy) is 2. The van der Waals surface area contributed by atoms with E-state index in [1.54, 1.807) is 4.90 Å². The van der Waals surface area contributed by atoms with Crippen molar-refractivity contribution in [2.45, 2.75) is 84.1 Å². The number of aromatic nitrogens is 4. The largest absolute Gasteiger partial charge is 0.479 e. The second-order valence-electron chi connectivity index (χ2n) is 15.1. The van der Waals surface area contributed by atoms with E-state index < -0.39 is 17.7 Å². The molecule has 2 aliphatic heterocycles. The van der Waals surface area contributed by atoms with E-state index in [2.05, 4.69) is 23.4 Å². The zero-order valence-electron chi connectivity index (χ0n) is 30.6. The Hall–Kier alpha value is -4.10. The number of benzene rings is 2. The van der Waals surface area contributed by atoms with E-state index in [1.807, 2.05) is 70.2 Å². The molecule has 7 rings (SSSR count). The van der Waals surface area contributed by atoms with Gasteiger partial charge in [0.05, 0.1) is 34.3 Å². The zero-order chi connectivity index (χ0) is 37.1. The molecule has 1 N–H and O–H groups in total. The van der Waals surface area contributed by atoms with Crippen molar-refractivity contribution < 1.29 is 24.2 Å². The summed E-state index contributed by atoms with van der Waals surface area (Å²) in [5, 5.41) is 16.8. The SMILES string of the molecule is COC(=O)N1CC(N2CCC(c3c4nc(-c5nc6cc(C)c([C@H](OC(C)(C)C)C(=O)O)c(-c7ccc(Cl)cc7)c6s5)ccc4nn3C(C)C)CC2)C1. The van der Waals surface area contributed by atoms with Crippen LogP contribution in [0.15, 0.2) is 42.5 Å². The van der Waals surface area contributed by atoms with Crippen LogP contribution in [0.5, 0.6) is 0 Å². The third-order valence-corrected chi connectivity index (χ3v) is 11.4. The smallest absolute Gasteiger partial charge is 0.409 e. The molecular formula is C39H45ClN6O5S. The second-order valence-corrected chi connectivity index (χ2v) is 16.6. The number of carboxylic acids is 1. The van der Waals surface area contributed by atoms with Crippen molar-refractivity contribution in [3.63, 3.8) is 0 Å². The summed E-state index contributed by atoms with van der Waals surface area (Å²) in [4.78, 5) is 39.3. The number of nitrogens with zero attached hydrogens (tertiary/aromatic N) is 6. The molecule has 13 heteroatoms. The zero-order valence-corrected chi connectivity index (χ0v) is 32.2. The van der Waals surface area contributed by atoms with Crippen LogP contribution >= 0.6 is 22.9 Å². The maximum absolute atomic E-state index is 12.8. The van der Waals surface area contributed by atoms with E-state index in [0.29, 0.717) is 29.7 Å². The molecule has 0 aliphatic carbocycles. The number of thiazole rings is 1. The van der Waals surface area contributed by atoms with E-state index in [4.69, 9.17) is 36.1 Å². The maximum atomic E-state index is 12.8. The molecule has 5 aromatic rings. The van der Waals surface area contributed by atoms with E-state index >= 15 is 0 Å². The third-order valence-electron chi connectivity index (χ3n) is 10.0. The first-order chi connectivity index (χ1) is 24.7. The highest BCUT2D eigenvalue weighted by molar-refractivity contribution is 7.22. The van der Waals surface area contributed by atoms with Crippen molar-refractivity contribution >= 4 is 56.3 Å². The first kappa shape index (κ1) is 36.3. The number of carbonyl (C=O) groups is 2. The summed E-state index contributed by atoms with van der Waals surface area (Å²) in [6.07, 6.45) is 0.498. The number of fused-ring (bicyclic) bond motifs is 2. The molecule has 2 aliphatic rings. The van der Waals surface area contributed by atoms with Crippen molar-refractivity contribution in [1.29, 1.82) is 0 Å². The number of halogens is 1. The molecule has 1 amide bonds. The summed E-state index contributed by atoms with van der Waals surface area (Å²) in [6, 6.07) is 13.9. The molecule has 2 saturated heterocycles. The van der Waals surface area contributed by atoms with Crippen molar-refractivity contribution in [1.82, 2.24) is 29.5 Å². The van der Waals surface area contributed by atoms with Crippen molar-refractivity contribution in [3.05, 3.63) is 64.3 Å². The Balaban J connectivity index is 1.28. The van der Waals surface area contributed by atoms with Crippen molar-refractivity contribution in [2.75, 3.05) is 33.3 Å². The average molecular weight is 745 g/mol. The number of methoxy groups -OCH3 is 1. The number of carboxylic acid groups (broad SMARTS) is 1. The fourth-order valence-corrected chi connectivity index (χ4v) is 8.76. The number of aryl methyl sites for hydroxylation is 1. The quantitative estimate of drug-likeness (QED) is 0.167. The van der Waals surface area contributed by atoms with Gasteiger partial charge in [0.15, 0.2) is 6.10 Å². The topological polar surface area (TPSA) is 123 Å². The fraction of sp³-hybridized carbons (Fsp3) is 0.462. The van der Waals surface area contributed by atoms with Crippen LogP contribution in [-0.2, 0) is 14.3 Å². The van der Waals surface area contributed by atoms with E-state index in [9.17, 15) is 14.7 Å². The summed E-state index contributed by atoms with van der Waals surface area (Å²) in [7, 11) is 1.43. The summed E-state index contributed by atoms with van der Waals surface area (Å²) >= 11 is 7.80. The standard InChI is InChI=1S/C39H45ClN6O5S/c1-21(2)46-33(24-14-16-44(17-15-24)26-19-45(20-26)38(49)50-7)32-27(43-46)12-13-28(41-32)36-42-29-18-22(3)30(34(37(47)48)51-39(4,5)6)31(35(29)52-36)23-8-10-25(40)11-9-23/h8-13,18,21,24,26,34H,14-17,19-20H2,1-7H3,(H,47,48)/t34-/m0/s1. The molecule has 11 nitrogen and oxygen atoms in total. The predicted molar refractivity (Wildman–Crippen MR) is 204 cm³/mol. The molecule has 0 bridgehead atoms. The molecular weight excluding hydrogens is 700 g/mol. The van der Waals surface area contributed by atoms with Crippen LogP contribution in [0.4, 0.5) is 4.79 Å². The van der Waals surface area contributed by atoms with Gasteiger partial charge in [-0.2, -0.15) is 5.10 Å². The highest BCUT2D eigenvalue weighted by Gasteiger charge is 2.38. The normalized spacial score (nSPS) is 16.9. The Kier molecular flexibility index (Phi) is 9.79. The first-order valence-electron chi connectivity index (χ1n) is 17.8. The number of rotatable bonds is 8. The summed E-state index contributed by atoms with van der Waals surface area (Å²) in [5.74, 6) is -0.767. The first-order valence-corrected chi connectivity index (χ1v) is 19.0. The number of aliphatic carboxylic acids is 1. The van der Waals surface area contributed by atoms with Crippen LogP contribution in [-0.4, -0.2) is 91.6 Å². The Bertz CT molecular complexity index is 2140. The fourth-order valence-electron chi connectivity index (χ4n) is 7.54. The van der Waals surface area contributed by atoms with Gasteiger partial charge in [0.2, 0.25) is 0 Å². The van der Waals surface area contributed by atoms with Gasteiger partial charge in [-0.1, -0.05) is 23.7 Å². The van der Waals surface area contributed by atoms with Crippen molar-refractivity contribution in [3.8, 4) is 21.8 Å². The van der Waals surface area contributed by atoms with Crippen LogP contribution < -0.4 is 0 Å². The van der Waals surface area contributed by atoms with E-state index in [1.165, 1.54) is 18.4 Å². The molecule has 2 fully saturated rings. The molecule has 274 valence electrons. The third kappa shape index (κ3) is 6.89. The van der Waals surface area contributed by atoms with Gasteiger partial charge in [-0.15, -0.1) is 11.3 Å². The maximum Gasteiger partial charge on any atom is 0.409 e. The molecule has 2 aromatic carbocycles. The van der Waals surface area contributed by atoms with Crippen LogP contribution in [0.1, 0.15) is 82.3 Å². The summed E-state index contributed by atoms with van der Waals surface area (Å²) in [5.41, 5.74) is 6.70. The lowest BCUT2D eigenvalue weighted by Gasteiger charge is -2.46. The van der Waals surface area contributed by atoms with Gasteiger partial charge in [0, 0.05) is 47.2 Å². The van der Waals surface area contributed by atoms with E-state index in [0.717, 1.165) is 80.3 Å². The van der Waals surface area contributed by atoms with Gasteiger partial charge in [-0.3, -0.25) is 9.58 Å². The van der Waals surface area contributed by atoms with Crippen molar-refractivity contribution in [2.24, 2.45) is 0 Å². The van der Waals surface area contributed by atoms with Gasteiger partial charge in [0.25, 0.3) is 0 Å². The minimum absolute atomic E-state index is 0.161. The van der Waals surface area contributed by atoms with Gasteiger partial charge >= 0.3 is 12.1 Å². The Morgan fingerprint density at radius 3 is 2.33 bits per heavy atom. The molecule has 5 heterocycles. The molecule has 0 saturated carbocycles. The number of likely N-dealkylation sites (tertiary alicyclic amines) is 2. The monoisotopic (exact) mass is 744 g/mol. The molecule has 0 spiro atoms. The lowest BCUT2D eigenvalue weighted by atomic mass is 9.90. The Morgan fingerprint density at radius 1 is 1.02 bits per heavy atom. The van der Waals surface area contributed by atoms with Crippen LogP contribution in [0.3, 0.4) is 0 Å². The number of amides is 1. The minimum atomic E-state index is -1.19. The van der Waals surface area contributed by atoms with E-state index in [-0.39, 0.29) is 18.1 Å². The van der Waals surface area contributed by atoms with Gasteiger partial charge in [-0.05, 0) is 109 Å².